The molecule has 1 aromatic rings. The van der Waals surface area contributed by atoms with Crippen molar-refractivity contribution in [1.29, 1.82) is 5.26 Å². The van der Waals surface area contributed by atoms with Gasteiger partial charge in [-0.1, -0.05) is 12.1 Å². The van der Waals surface area contributed by atoms with Crippen molar-refractivity contribution in [1.82, 2.24) is 0 Å². The lowest BCUT2D eigenvalue weighted by atomic mass is 9.92. The first-order valence-corrected chi connectivity index (χ1v) is 5.12. The van der Waals surface area contributed by atoms with Crippen molar-refractivity contribution in [3.05, 3.63) is 34.4 Å². The minimum Gasteiger partial charge on any atom is -0.387 e. The summed E-state index contributed by atoms with van der Waals surface area (Å²) in [7, 11) is 0. The number of hydrogen-bond donors (Lipinski definition) is 1. The Balaban J connectivity index is 3.16. The normalized spacial score (nSPS) is 14.4. The Morgan fingerprint density at radius 1 is 1.13 bits per heavy atom. The summed E-state index contributed by atoms with van der Waals surface area (Å²) in [5.41, 5.74) is 4.28. The highest BCUT2D eigenvalue weighted by atomic mass is 16.3. The van der Waals surface area contributed by atoms with Crippen molar-refractivity contribution >= 4 is 0 Å². The number of nitriles is 1. The molecule has 2 nitrogen and oxygen atoms in total. The summed E-state index contributed by atoms with van der Waals surface area (Å²) in [6.45, 7) is 7.77. The maximum Gasteiger partial charge on any atom is 0.0948 e. The first kappa shape index (κ1) is 11.7. The van der Waals surface area contributed by atoms with Crippen LogP contribution in [0.3, 0.4) is 0 Å². The van der Waals surface area contributed by atoms with Gasteiger partial charge in [0.15, 0.2) is 0 Å². The molecule has 0 aliphatic heterocycles. The third kappa shape index (κ3) is 2.37. The van der Waals surface area contributed by atoms with Gasteiger partial charge in [0.1, 0.15) is 0 Å². The minimum absolute atomic E-state index is 0.370. The average Bonchev–Trinajstić information content (AvgIpc) is 2.21. The number of aliphatic hydroxyl groups excluding tert-OH is 1. The van der Waals surface area contributed by atoms with Crippen LogP contribution in [0.4, 0.5) is 0 Å². The molecule has 0 fully saturated rings. The molecule has 15 heavy (non-hydrogen) atoms. The van der Waals surface area contributed by atoms with Crippen LogP contribution >= 0.6 is 0 Å². The van der Waals surface area contributed by atoms with Gasteiger partial charge in [-0.05, 0) is 49.9 Å². The third-order valence-corrected chi connectivity index (χ3v) is 2.88. The SMILES string of the molecule is Cc1cc(C)c(C(O)C(C)C#N)cc1C. The number of aryl methyl sites for hydroxylation is 3. The van der Waals surface area contributed by atoms with Crippen LogP contribution in [0.1, 0.15) is 35.3 Å². The van der Waals surface area contributed by atoms with Gasteiger partial charge in [0, 0.05) is 0 Å². The number of hydrogen-bond acceptors (Lipinski definition) is 2. The average molecular weight is 203 g/mol. The molecule has 0 radical (unpaired) electrons. The maximum absolute atomic E-state index is 9.96. The largest absolute Gasteiger partial charge is 0.387 e. The summed E-state index contributed by atoms with van der Waals surface area (Å²) < 4.78 is 0. The van der Waals surface area contributed by atoms with Gasteiger partial charge in [-0.25, -0.2) is 0 Å². The molecule has 0 aliphatic rings. The molecule has 1 rings (SSSR count). The Morgan fingerprint density at radius 3 is 2.20 bits per heavy atom. The molecule has 0 saturated heterocycles. The van der Waals surface area contributed by atoms with E-state index < -0.39 is 6.10 Å². The number of aliphatic hydroxyl groups is 1. The van der Waals surface area contributed by atoms with Gasteiger partial charge in [0.05, 0.1) is 18.1 Å². The van der Waals surface area contributed by atoms with E-state index in [4.69, 9.17) is 5.26 Å². The van der Waals surface area contributed by atoms with Crippen LogP contribution in [-0.2, 0) is 0 Å². The van der Waals surface area contributed by atoms with E-state index in [-0.39, 0.29) is 5.92 Å². The lowest BCUT2D eigenvalue weighted by Crippen LogP contribution is -2.09. The van der Waals surface area contributed by atoms with Gasteiger partial charge >= 0.3 is 0 Å². The highest BCUT2D eigenvalue weighted by Gasteiger charge is 2.18. The molecule has 0 amide bonds. The second-order valence-electron chi connectivity index (χ2n) is 4.16. The summed E-state index contributed by atoms with van der Waals surface area (Å²) in [5.74, 6) is -0.370. The Labute approximate surface area is 91.2 Å². The first-order chi connectivity index (χ1) is 6.97. The van der Waals surface area contributed by atoms with E-state index in [2.05, 4.69) is 12.1 Å². The zero-order chi connectivity index (χ0) is 11.6. The molecule has 80 valence electrons. The van der Waals surface area contributed by atoms with Crippen molar-refractivity contribution in [2.75, 3.05) is 0 Å². The molecule has 0 heterocycles. The van der Waals surface area contributed by atoms with Gasteiger partial charge < -0.3 is 5.11 Å². The zero-order valence-corrected chi connectivity index (χ0v) is 9.70. The number of rotatable bonds is 2. The minimum atomic E-state index is -0.686. The van der Waals surface area contributed by atoms with Crippen LogP contribution in [0.15, 0.2) is 12.1 Å². The van der Waals surface area contributed by atoms with E-state index in [1.165, 1.54) is 5.56 Å². The van der Waals surface area contributed by atoms with Crippen molar-refractivity contribution < 1.29 is 5.11 Å². The standard InChI is InChI=1S/C13H17NO/c1-8-5-10(3)12(6-9(8)2)13(15)11(4)7-14/h5-6,11,13,15H,1-4H3. The zero-order valence-electron chi connectivity index (χ0n) is 9.70. The van der Waals surface area contributed by atoms with Crippen molar-refractivity contribution in [3.63, 3.8) is 0 Å². The molecule has 2 atom stereocenters. The topological polar surface area (TPSA) is 44.0 Å². The molecule has 1 aromatic carbocycles. The van der Waals surface area contributed by atoms with Gasteiger partial charge in [-0.3, -0.25) is 0 Å². The molecule has 0 aliphatic carbocycles. The lowest BCUT2D eigenvalue weighted by Gasteiger charge is -2.17. The van der Waals surface area contributed by atoms with E-state index in [1.54, 1.807) is 6.92 Å². The van der Waals surface area contributed by atoms with Gasteiger partial charge in [0.2, 0.25) is 0 Å². The Morgan fingerprint density at radius 2 is 1.67 bits per heavy atom. The molecule has 1 N–H and O–H groups in total. The van der Waals surface area contributed by atoms with Crippen LogP contribution in [0.5, 0.6) is 0 Å². The summed E-state index contributed by atoms with van der Waals surface area (Å²) in [6, 6.07) is 6.10. The fourth-order valence-corrected chi connectivity index (χ4v) is 1.64. The van der Waals surface area contributed by atoms with Gasteiger partial charge in [-0.2, -0.15) is 5.26 Å². The quantitative estimate of drug-likeness (QED) is 0.803. The van der Waals surface area contributed by atoms with Crippen LogP contribution in [-0.4, -0.2) is 5.11 Å². The monoisotopic (exact) mass is 203 g/mol. The van der Waals surface area contributed by atoms with Gasteiger partial charge in [0.25, 0.3) is 0 Å². The summed E-state index contributed by atoms with van der Waals surface area (Å²) in [6.07, 6.45) is -0.686. The molecule has 0 saturated carbocycles. The van der Waals surface area contributed by atoms with E-state index in [1.807, 2.05) is 26.8 Å². The van der Waals surface area contributed by atoms with Crippen molar-refractivity contribution in [3.8, 4) is 6.07 Å². The summed E-state index contributed by atoms with van der Waals surface area (Å²) >= 11 is 0. The third-order valence-electron chi connectivity index (χ3n) is 2.88. The second-order valence-corrected chi connectivity index (χ2v) is 4.16. The second kappa shape index (κ2) is 4.46. The molecule has 0 spiro atoms. The molecule has 2 unspecified atom stereocenters. The Hall–Kier alpha value is -1.33. The molecule has 0 bridgehead atoms. The predicted octanol–water partition coefficient (Wildman–Crippen LogP) is 2.80. The molecule has 0 aromatic heterocycles. The molecular formula is C13H17NO. The predicted molar refractivity (Wildman–Crippen MR) is 60.4 cm³/mol. The fraction of sp³-hybridized carbons (Fsp3) is 0.462. The van der Waals surface area contributed by atoms with Crippen LogP contribution in [0.2, 0.25) is 0 Å². The smallest absolute Gasteiger partial charge is 0.0948 e. The molecule has 2 heteroatoms. The fourth-order valence-electron chi connectivity index (χ4n) is 1.64. The van der Waals surface area contributed by atoms with Gasteiger partial charge in [-0.15, -0.1) is 0 Å². The summed E-state index contributed by atoms with van der Waals surface area (Å²) in [4.78, 5) is 0. The van der Waals surface area contributed by atoms with E-state index in [9.17, 15) is 5.11 Å². The Kier molecular flexibility index (Phi) is 3.49. The van der Waals surface area contributed by atoms with E-state index >= 15 is 0 Å². The van der Waals surface area contributed by atoms with Crippen molar-refractivity contribution in [2.45, 2.75) is 33.8 Å². The Bertz CT molecular complexity index is 404. The van der Waals surface area contributed by atoms with Crippen molar-refractivity contribution in [2.24, 2.45) is 5.92 Å². The number of benzene rings is 1. The highest BCUT2D eigenvalue weighted by Crippen LogP contribution is 2.26. The lowest BCUT2D eigenvalue weighted by molar-refractivity contribution is 0.142. The highest BCUT2D eigenvalue weighted by molar-refractivity contribution is 5.38. The first-order valence-electron chi connectivity index (χ1n) is 5.12. The van der Waals surface area contributed by atoms with Crippen LogP contribution < -0.4 is 0 Å². The molecular weight excluding hydrogens is 186 g/mol. The summed E-state index contributed by atoms with van der Waals surface area (Å²) in [5, 5.41) is 18.7. The van der Waals surface area contributed by atoms with E-state index in [0.29, 0.717) is 0 Å². The number of nitrogens with zero attached hydrogens (tertiary/aromatic N) is 1. The van der Waals surface area contributed by atoms with Crippen LogP contribution in [0, 0.1) is 38.0 Å². The van der Waals surface area contributed by atoms with E-state index in [0.717, 1.165) is 16.7 Å². The maximum atomic E-state index is 9.96. The van der Waals surface area contributed by atoms with Crippen LogP contribution in [0.25, 0.3) is 0 Å².